The standard InChI is InChI=1S/C17H20FN3O/c1-17(2,3)16-13(10-20-21-16)8-12(9-19)15(22)11-4-6-14(18)7-5-11/h4-8,13,16,20-21H,10H2,1-3H3/b12-8+. The molecule has 0 radical (unpaired) electrons. The van der Waals surface area contributed by atoms with Gasteiger partial charge < -0.3 is 0 Å². The Morgan fingerprint density at radius 3 is 2.55 bits per heavy atom. The van der Waals surface area contributed by atoms with Gasteiger partial charge in [-0.25, -0.2) is 4.39 Å². The van der Waals surface area contributed by atoms with E-state index in [4.69, 9.17) is 0 Å². The smallest absolute Gasteiger partial charge is 0.203 e. The third-order valence-corrected chi connectivity index (χ3v) is 3.81. The zero-order valence-corrected chi connectivity index (χ0v) is 13.0. The minimum absolute atomic E-state index is 0.00977. The number of allylic oxidation sites excluding steroid dienone is 1. The first-order valence-electron chi connectivity index (χ1n) is 7.23. The van der Waals surface area contributed by atoms with Crippen LogP contribution in [-0.4, -0.2) is 18.4 Å². The number of hydrazine groups is 1. The minimum Gasteiger partial charge on any atom is -0.288 e. The Bertz CT molecular complexity index is 623. The number of nitrogens with one attached hydrogen (secondary N) is 2. The second-order valence-corrected chi connectivity index (χ2v) is 6.56. The van der Waals surface area contributed by atoms with Crippen LogP contribution in [0.25, 0.3) is 0 Å². The molecule has 22 heavy (non-hydrogen) atoms. The van der Waals surface area contributed by atoms with Crippen LogP contribution in [0.1, 0.15) is 31.1 Å². The Morgan fingerprint density at radius 1 is 1.36 bits per heavy atom. The molecule has 1 heterocycles. The Balaban J connectivity index is 2.26. The summed E-state index contributed by atoms with van der Waals surface area (Å²) in [4.78, 5) is 12.4. The number of halogens is 1. The van der Waals surface area contributed by atoms with Gasteiger partial charge in [0.05, 0.1) is 5.57 Å². The lowest BCUT2D eigenvalue weighted by atomic mass is 9.79. The predicted molar refractivity (Wildman–Crippen MR) is 82.3 cm³/mol. The maximum atomic E-state index is 12.9. The molecule has 1 aromatic carbocycles. The van der Waals surface area contributed by atoms with E-state index in [-0.39, 0.29) is 28.7 Å². The summed E-state index contributed by atoms with van der Waals surface area (Å²) in [5, 5.41) is 9.31. The predicted octanol–water partition coefficient (Wildman–Crippen LogP) is 2.60. The van der Waals surface area contributed by atoms with Crippen LogP contribution in [0.5, 0.6) is 0 Å². The SMILES string of the molecule is CC(C)(C)C1NNCC1/C=C(\C#N)C(=O)c1ccc(F)cc1. The molecule has 2 atom stereocenters. The Labute approximate surface area is 130 Å². The second-order valence-electron chi connectivity index (χ2n) is 6.56. The van der Waals surface area contributed by atoms with Crippen molar-refractivity contribution in [2.75, 3.05) is 6.54 Å². The van der Waals surface area contributed by atoms with Crippen LogP contribution in [0, 0.1) is 28.5 Å². The maximum Gasteiger partial charge on any atom is 0.203 e. The number of benzene rings is 1. The van der Waals surface area contributed by atoms with E-state index in [2.05, 4.69) is 31.6 Å². The minimum atomic E-state index is -0.406. The summed E-state index contributed by atoms with van der Waals surface area (Å²) in [5.74, 6) is -0.739. The van der Waals surface area contributed by atoms with Gasteiger partial charge in [0, 0.05) is 24.1 Å². The van der Waals surface area contributed by atoms with Gasteiger partial charge in [-0.3, -0.25) is 15.6 Å². The summed E-state index contributed by atoms with van der Waals surface area (Å²) in [6, 6.07) is 7.34. The van der Waals surface area contributed by atoms with Gasteiger partial charge in [-0.1, -0.05) is 26.8 Å². The average Bonchev–Trinajstić information content (AvgIpc) is 2.93. The summed E-state index contributed by atoms with van der Waals surface area (Å²) in [7, 11) is 0. The highest BCUT2D eigenvalue weighted by Gasteiger charge is 2.35. The molecule has 2 N–H and O–H groups in total. The number of rotatable bonds is 3. The molecule has 4 nitrogen and oxygen atoms in total. The first kappa shape index (κ1) is 16.3. The van der Waals surface area contributed by atoms with Crippen LogP contribution in [0.3, 0.4) is 0 Å². The van der Waals surface area contributed by atoms with Gasteiger partial charge >= 0.3 is 0 Å². The van der Waals surface area contributed by atoms with E-state index >= 15 is 0 Å². The fourth-order valence-corrected chi connectivity index (χ4v) is 2.66. The molecule has 1 saturated heterocycles. The van der Waals surface area contributed by atoms with E-state index in [0.29, 0.717) is 12.1 Å². The molecule has 0 aliphatic carbocycles. The fourth-order valence-electron chi connectivity index (χ4n) is 2.66. The van der Waals surface area contributed by atoms with Crippen LogP contribution in [0.2, 0.25) is 0 Å². The molecule has 2 rings (SSSR count). The third-order valence-electron chi connectivity index (χ3n) is 3.81. The molecule has 0 aromatic heterocycles. The molecule has 0 bridgehead atoms. The van der Waals surface area contributed by atoms with Crippen molar-refractivity contribution < 1.29 is 9.18 Å². The molecule has 0 saturated carbocycles. The largest absolute Gasteiger partial charge is 0.288 e. The van der Waals surface area contributed by atoms with Crippen molar-refractivity contribution >= 4 is 5.78 Å². The molecular formula is C17H20FN3O. The topological polar surface area (TPSA) is 64.9 Å². The van der Waals surface area contributed by atoms with Crippen molar-refractivity contribution in [3.63, 3.8) is 0 Å². The maximum absolute atomic E-state index is 12.9. The lowest BCUT2D eigenvalue weighted by Crippen LogP contribution is -2.41. The van der Waals surface area contributed by atoms with Crippen molar-refractivity contribution in [2.24, 2.45) is 11.3 Å². The van der Waals surface area contributed by atoms with Crippen molar-refractivity contribution in [3.8, 4) is 6.07 Å². The van der Waals surface area contributed by atoms with Gasteiger partial charge in [0.25, 0.3) is 0 Å². The van der Waals surface area contributed by atoms with E-state index < -0.39 is 5.82 Å². The van der Waals surface area contributed by atoms with Gasteiger partial charge in [0.2, 0.25) is 5.78 Å². The lowest BCUT2D eigenvalue weighted by molar-refractivity contribution is 0.103. The molecule has 1 aliphatic heterocycles. The van der Waals surface area contributed by atoms with Gasteiger partial charge in [-0.05, 0) is 29.7 Å². The van der Waals surface area contributed by atoms with Crippen molar-refractivity contribution in [1.82, 2.24) is 10.9 Å². The number of nitriles is 1. The first-order chi connectivity index (χ1) is 10.3. The molecule has 1 aromatic rings. The normalized spacial score (nSPS) is 22.4. The van der Waals surface area contributed by atoms with Crippen molar-refractivity contribution in [2.45, 2.75) is 26.8 Å². The van der Waals surface area contributed by atoms with Gasteiger partial charge in [0.15, 0.2) is 0 Å². The second kappa shape index (κ2) is 6.39. The molecule has 1 aliphatic rings. The Morgan fingerprint density at radius 2 is 2.00 bits per heavy atom. The number of ketones is 1. The summed E-state index contributed by atoms with van der Waals surface area (Å²) in [6.45, 7) is 6.97. The number of carbonyl (C=O) groups is 1. The summed E-state index contributed by atoms with van der Waals surface area (Å²) < 4.78 is 12.9. The van der Waals surface area contributed by atoms with Crippen LogP contribution < -0.4 is 10.9 Å². The van der Waals surface area contributed by atoms with E-state index in [1.807, 2.05) is 6.07 Å². The Hall–Kier alpha value is -2.03. The number of carbonyl (C=O) groups excluding carboxylic acids is 1. The van der Waals surface area contributed by atoms with Gasteiger partial charge in [-0.15, -0.1) is 0 Å². The highest BCUT2D eigenvalue weighted by molar-refractivity contribution is 6.11. The summed E-state index contributed by atoms with van der Waals surface area (Å²) in [5.41, 5.74) is 6.68. The first-order valence-corrected chi connectivity index (χ1v) is 7.23. The van der Waals surface area contributed by atoms with E-state index in [1.54, 1.807) is 6.08 Å². The van der Waals surface area contributed by atoms with E-state index in [1.165, 1.54) is 24.3 Å². The van der Waals surface area contributed by atoms with Crippen LogP contribution >= 0.6 is 0 Å². The fraction of sp³-hybridized carbons (Fsp3) is 0.412. The van der Waals surface area contributed by atoms with Crippen LogP contribution in [0.15, 0.2) is 35.9 Å². The zero-order chi connectivity index (χ0) is 16.3. The van der Waals surface area contributed by atoms with Gasteiger partial charge in [0.1, 0.15) is 11.9 Å². The quantitative estimate of drug-likeness (QED) is 0.512. The molecule has 1 fully saturated rings. The zero-order valence-electron chi connectivity index (χ0n) is 13.0. The third kappa shape index (κ3) is 3.59. The van der Waals surface area contributed by atoms with Gasteiger partial charge in [-0.2, -0.15) is 5.26 Å². The number of nitrogens with zero attached hydrogens (tertiary/aromatic N) is 1. The molecular weight excluding hydrogens is 281 g/mol. The highest BCUT2D eigenvalue weighted by Crippen LogP contribution is 2.29. The number of hydrogen-bond donors (Lipinski definition) is 2. The van der Waals surface area contributed by atoms with Crippen molar-refractivity contribution in [1.29, 1.82) is 5.26 Å². The Kier molecular flexibility index (Phi) is 4.74. The molecule has 2 unspecified atom stereocenters. The van der Waals surface area contributed by atoms with Crippen LogP contribution in [0.4, 0.5) is 4.39 Å². The highest BCUT2D eigenvalue weighted by atomic mass is 19.1. The van der Waals surface area contributed by atoms with Crippen molar-refractivity contribution in [3.05, 3.63) is 47.3 Å². The monoisotopic (exact) mass is 301 g/mol. The van der Waals surface area contributed by atoms with E-state index in [9.17, 15) is 14.4 Å². The summed E-state index contributed by atoms with van der Waals surface area (Å²) in [6.07, 6.45) is 1.72. The number of Topliss-reactive ketones (excluding diaryl/α,β-unsaturated/α-hetero) is 1. The summed E-state index contributed by atoms with van der Waals surface area (Å²) >= 11 is 0. The number of hydrogen-bond acceptors (Lipinski definition) is 4. The molecule has 0 amide bonds. The molecule has 116 valence electrons. The molecule has 0 spiro atoms. The molecule has 5 heteroatoms. The average molecular weight is 301 g/mol. The van der Waals surface area contributed by atoms with E-state index in [0.717, 1.165) is 0 Å². The van der Waals surface area contributed by atoms with Crippen LogP contribution in [-0.2, 0) is 0 Å². The lowest BCUT2D eigenvalue weighted by Gasteiger charge is -2.30.